The Bertz CT molecular complexity index is 1410. The molecule has 2 saturated carbocycles. The molecule has 0 bridgehead atoms. The number of Topliss-reactive ketones (excluding diaryl/α,β-unsaturated/α-hetero) is 1. The van der Waals surface area contributed by atoms with Crippen LogP contribution in [0.1, 0.15) is 75.1 Å². The number of rotatable bonds is 9. The van der Waals surface area contributed by atoms with Crippen LogP contribution in [0.4, 0.5) is 11.6 Å². The standard InChI is InChI=1S/C27H29N7O2S/c1-15-21(8-17(11-28)13-29-15)32-27-33-31-14-34(27)19-6-7-23-20(9-19)25(26(36)30-12-16-2-3-16)24(37-23)10-22(35)18-4-5-18/h8,13-14,16,18-19H,2-7,9-10,12H2,1H3,(H,30,36)(H,32,33)/t19-/m0/s1. The van der Waals surface area contributed by atoms with Gasteiger partial charge in [-0.3, -0.25) is 19.1 Å². The van der Waals surface area contributed by atoms with Crippen molar-refractivity contribution >= 4 is 34.7 Å². The molecule has 37 heavy (non-hydrogen) atoms. The van der Waals surface area contributed by atoms with Gasteiger partial charge in [0, 0.05) is 40.9 Å². The van der Waals surface area contributed by atoms with E-state index in [-0.39, 0.29) is 23.7 Å². The Morgan fingerprint density at radius 1 is 1.24 bits per heavy atom. The molecule has 2 fully saturated rings. The van der Waals surface area contributed by atoms with Crippen molar-refractivity contribution in [2.45, 2.75) is 64.3 Å². The Balaban J connectivity index is 1.27. The van der Waals surface area contributed by atoms with Crippen LogP contribution >= 0.6 is 11.3 Å². The number of amides is 1. The van der Waals surface area contributed by atoms with E-state index in [0.717, 1.165) is 47.4 Å². The van der Waals surface area contributed by atoms with Crippen LogP contribution in [-0.2, 0) is 24.1 Å². The van der Waals surface area contributed by atoms with Crippen LogP contribution in [0.3, 0.4) is 0 Å². The van der Waals surface area contributed by atoms with E-state index < -0.39 is 0 Å². The minimum atomic E-state index is -0.0410. The summed E-state index contributed by atoms with van der Waals surface area (Å²) < 4.78 is 2.01. The van der Waals surface area contributed by atoms with Gasteiger partial charge >= 0.3 is 0 Å². The first-order valence-electron chi connectivity index (χ1n) is 13.0. The van der Waals surface area contributed by atoms with Gasteiger partial charge in [-0.1, -0.05) is 0 Å². The summed E-state index contributed by atoms with van der Waals surface area (Å²) >= 11 is 1.65. The number of aromatic nitrogens is 4. The highest BCUT2D eigenvalue weighted by atomic mass is 32.1. The van der Waals surface area contributed by atoms with E-state index in [2.05, 4.69) is 31.9 Å². The molecule has 10 heteroatoms. The number of aryl methyl sites for hydroxylation is 2. The maximum atomic E-state index is 13.4. The highest BCUT2D eigenvalue weighted by molar-refractivity contribution is 7.12. The van der Waals surface area contributed by atoms with Gasteiger partial charge in [-0.15, -0.1) is 21.5 Å². The summed E-state index contributed by atoms with van der Waals surface area (Å²) in [5, 5.41) is 24.1. The number of carbonyl (C=O) groups excluding carboxylic acids is 2. The number of nitrogens with one attached hydrogen (secondary N) is 2. The van der Waals surface area contributed by atoms with Gasteiger partial charge in [0.15, 0.2) is 0 Å². The lowest BCUT2D eigenvalue weighted by atomic mass is 9.90. The van der Waals surface area contributed by atoms with E-state index >= 15 is 0 Å². The van der Waals surface area contributed by atoms with E-state index in [1.54, 1.807) is 29.9 Å². The molecule has 6 rings (SSSR count). The summed E-state index contributed by atoms with van der Waals surface area (Å²) in [5.41, 5.74) is 3.73. The molecule has 1 amide bonds. The second kappa shape index (κ2) is 9.71. The van der Waals surface area contributed by atoms with Crippen molar-refractivity contribution in [3.63, 3.8) is 0 Å². The largest absolute Gasteiger partial charge is 0.352 e. The van der Waals surface area contributed by atoms with E-state index in [1.807, 2.05) is 11.5 Å². The second-order valence-corrected chi connectivity index (χ2v) is 11.6. The molecule has 3 aromatic rings. The average Bonchev–Trinajstić information content (AvgIpc) is 3.83. The highest BCUT2D eigenvalue weighted by Crippen LogP contribution is 2.41. The second-order valence-electron chi connectivity index (χ2n) is 10.4. The Morgan fingerprint density at radius 3 is 2.84 bits per heavy atom. The molecule has 0 aliphatic heterocycles. The van der Waals surface area contributed by atoms with Crippen LogP contribution < -0.4 is 10.6 Å². The lowest BCUT2D eigenvalue weighted by Gasteiger charge is -2.25. The van der Waals surface area contributed by atoms with Crippen molar-refractivity contribution in [3.05, 3.63) is 50.7 Å². The maximum absolute atomic E-state index is 13.4. The monoisotopic (exact) mass is 515 g/mol. The molecule has 3 aliphatic rings. The molecular weight excluding hydrogens is 486 g/mol. The average molecular weight is 516 g/mol. The van der Waals surface area contributed by atoms with Crippen LogP contribution in [0.2, 0.25) is 0 Å². The molecule has 0 unspecified atom stereocenters. The minimum Gasteiger partial charge on any atom is -0.352 e. The third kappa shape index (κ3) is 5.01. The van der Waals surface area contributed by atoms with Crippen LogP contribution in [0.25, 0.3) is 0 Å². The Morgan fingerprint density at radius 2 is 2.08 bits per heavy atom. The molecule has 9 nitrogen and oxygen atoms in total. The SMILES string of the molecule is Cc1ncc(C#N)cc1Nc1nncn1[C@H]1CCc2sc(CC(=O)C3CC3)c(C(=O)NCC3CC3)c2C1. The first kappa shape index (κ1) is 23.8. The zero-order valence-corrected chi connectivity index (χ0v) is 21.6. The quantitative estimate of drug-likeness (QED) is 0.440. The molecule has 0 spiro atoms. The van der Waals surface area contributed by atoms with Gasteiger partial charge in [-0.2, -0.15) is 5.26 Å². The third-order valence-electron chi connectivity index (χ3n) is 7.58. The summed E-state index contributed by atoms with van der Waals surface area (Å²) in [6.45, 7) is 2.58. The number of thiophene rings is 1. The number of hydrogen-bond acceptors (Lipinski definition) is 8. The molecule has 0 aromatic carbocycles. The molecule has 190 valence electrons. The number of hydrogen-bond donors (Lipinski definition) is 2. The molecule has 1 atom stereocenters. The van der Waals surface area contributed by atoms with Crippen molar-refractivity contribution in [2.75, 3.05) is 11.9 Å². The number of ketones is 1. The zero-order valence-electron chi connectivity index (χ0n) is 20.8. The van der Waals surface area contributed by atoms with Gasteiger partial charge in [-0.05, 0) is 69.4 Å². The Labute approximate surface area is 219 Å². The topological polar surface area (TPSA) is 126 Å². The van der Waals surface area contributed by atoms with E-state index in [4.69, 9.17) is 0 Å². The fourth-order valence-electron chi connectivity index (χ4n) is 5.04. The van der Waals surface area contributed by atoms with Crippen molar-refractivity contribution in [3.8, 4) is 6.07 Å². The van der Waals surface area contributed by atoms with E-state index in [1.165, 1.54) is 17.7 Å². The normalized spacial score (nSPS) is 18.6. The molecule has 3 heterocycles. The van der Waals surface area contributed by atoms with Crippen LogP contribution in [0, 0.1) is 30.1 Å². The van der Waals surface area contributed by atoms with Gasteiger partial charge in [0.1, 0.15) is 18.2 Å². The van der Waals surface area contributed by atoms with E-state index in [9.17, 15) is 14.9 Å². The summed E-state index contributed by atoms with van der Waals surface area (Å²) in [6, 6.07) is 3.94. The van der Waals surface area contributed by atoms with Crippen LogP contribution in [-0.4, -0.2) is 38.0 Å². The summed E-state index contributed by atoms with van der Waals surface area (Å²) in [4.78, 5) is 32.5. The van der Waals surface area contributed by atoms with Crippen LogP contribution in [0.15, 0.2) is 18.6 Å². The number of fused-ring (bicyclic) bond motifs is 1. The van der Waals surface area contributed by atoms with Crippen molar-refractivity contribution < 1.29 is 9.59 Å². The van der Waals surface area contributed by atoms with E-state index in [0.29, 0.717) is 42.5 Å². The maximum Gasteiger partial charge on any atom is 0.252 e. The molecule has 0 saturated heterocycles. The molecular formula is C27H29N7O2S. The van der Waals surface area contributed by atoms with Gasteiger partial charge in [0.05, 0.1) is 22.5 Å². The first-order chi connectivity index (χ1) is 18.0. The predicted molar refractivity (Wildman–Crippen MR) is 139 cm³/mol. The van der Waals surface area contributed by atoms with Gasteiger partial charge < -0.3 is 10.6 Å². The molecule has 3 aliphatic carbocycles. The smallest absolute Gasteiger partial charge is 0.252 e. The third-order valence-corrected chi connectivity index (χ3v) is 8.87. The summed E-state index contributed by atoms with van der Waals surface area (Å²) in [6.07, 6.45) is 10.3. The summed E-state index contributed by atoms with van der Waals surface area (Å²) in [5.74, 6) is 1.57. The molecule has 0 radical (unpaired) electrons. The summed E-state index contributed by atoms with van der Waals surface area (Å²) in [7, 11) is 0. The number of carbonyl (C=O) groups is 2. The number of anilines is 2. The fourth-order valence-corrected chi connectivity index (χ4v) is 6.40. The minimum absolute atomic E-state index is 0.0410. The van der Waals surface area contributed by atoms with Gasteiger partial charge in [0.25, 0.3) is 5.91 Å². The first-order valence-corrected chi connectivity index (χ1v) is 13.8. The highest BCUT2D eigenvalue weighted by Gasteiger charge is 2.35. The number of pyridine rings is 1. The van der Waals surface area contributed by atoms with Gasteiger partial charge in [-0.25, -0.2) is 0 Å². The zero-order chi connectivity index (χ0) is 25.5. The number of nitriles is 1. The van der Waals surface area contributed by atoms with Crippen LogP contribution in [0.5, 0.6) is 0 Å². The fraction of sp³-hybridized carbons (Fsp3) is 0.481. The lowest BCUT2D eigenvalue weighted by molar-refractivity contribution is -0.119. The van der Waals surface area contributed by atoms with Gasteiger partial charge in [0.2, 0.25) is 5.95 Å². The van der Waals surface area contributed by atoms with Crippen molar-refractivity contribution in [2.24, 2.45) is 11.8 Å². The Kier molecular flexibility index (Phi) is 6.24. The number of nitrogens with zero attached hydrogens (tertiary/aromatic N) is 5. The predicted octanol–water partition coefficient (Wildman–Crippen LogP) is 4.05. The Hall–Kier alpha value is -3.58. The lowest BCUT2D eigenvalue weighted by Crippen LogP contribution is -2.28. The molecule has 2 N–H and O–H groups in total. The molecule has 3 aromatic heterocycles. The van der Waals surface area contributed by atoms with Crippen molar-refractivity contribution in [1.29, 1.82) is 5.26 Å². The van der Waals surface area contributed by atoms with Crippen molar-refractivity contribution in [1.82, 2.24) is 25.1 Å².